The summed E-state index contributed by atoms with van der Waals surface area (Å²) in [4.78, 5) is 26.5. The first-order valence-electron chi connectivity index (χ1n) is 14.1. The summed E-state index contributed by atoms with van der Waals surface area (Å²) in [6.07, 6.45) is 5.59. The summed E-state index contributed by atoms with van der Waals surface area (Å²) >= 11 is 0. The van der Waals surface area contributed by atoms with Crippen molar-refractivity contribution in [3.63, 3.8) is 0 Å². The molecule has 2 aromatic heterocycles. The minimum atomic E-state index is 0.0119. The van der Waals surface area contributed by atoms with Crippen LogP contribution in [0.5, 0.6) is 0 Å². The molecular formula is C31H40N6O. The van der Waals surface area contributed by atoms with Gasteiger partial charge in [0, 0.05) is 32.1 Å². The zero-order chi connectivity index (χ0) is 26.5. The summed E-state index contributed by atoms with van der Waals surface area (Å²) in [6, 6.07) is 20.8. The van der Waals surface area contributed by atoms with Gasteiger partial charge in [-0.3, -0.25) is 13.9 Å². The maximum absolute atomic E-state index is 14.2. The molecule has 38 heavy (non-hydrogen) atoms. The third-order valence-electron chi connectivity index (χ3n) is 7.49. The fourth-order valence-electron chi connectivity index (χ4n) is 5.47. The molecule has 5 rings (SSSR count). The smallest absolute Gasteiger partial charge is 0.279 e. The van der Waals surface area contributed by atoms with Crippen molar-refractivity contribution in [2.45, 2.75) is 71.5 Å². The fourth-order valence-corrected chi connectivity index (χ4v) is 5.47. The molecule has 1 atom stereocenters. The Morgan fingerprint density at radius 1 is 0.947 bits per heavy atom. The normalized spacial score (nSPS) is 16.0. The van der Waals surface area contributed by atoms with Crippen LogP contribution in [0.3, 0.4) is 0 Å². The van der Waals surface area contributed by atoms with Crippen LogP contribution in [-0.4, -0.2) is 38.2 Å². The van der Waals surface area contributed by atoms with E-state index >= 15 is 0 Å². The number of anilines is 1. The molecule has 4 aromatic rings. The molecule has 0 aliphatic carbocycles. The van der Waals surface area contributed by atoms with Crippen molar-refractivity contribution in [3.05, 3.63) is 88.0 Å². The lowest BCUT2D eigenvalue weighted by Crippen LogP contribution is -2.44. The van der Waals surface area contributed by atoms with Gasteiger partial charge in [0.2, 0.25) is 5.95 Å². The molecule has 0 bridgehead atoms. The van der Waals surface area contributed by atoms with Gasteiger partial charge in [-0.05, 0) is 49.1 Å². The SMILES string of the molecule is CC(C)CCCn1c(CCc2ccccc2)nc2nc(N3CCCC(N)C3)n(Cc3ccccc3)c2c1=O. The first-order valence-corrected chi connectivity index (χ1v) is 14.1. The molecule has 1 saturated heterocycles. The van der Waals surface area contributed by atoms with E-state index in [-0.39, 0.29) is 11.6 Å². The van der Waals surface area contributed by atoms with E-state index in [0.717, 1.165) is 62.5 Å². The second-order valence-electron chi connectivity index (χ2n) is 11.0. The molecule has 0 radical (unpaired) electrons. The number of hydrogen-bond donors (Lipinski definition) is 1. The number of imidazole rings is 1. The third kappa shape index (κ3) is 5.99. The number of piperidine rings is 1. The van der Waals surface area contributed by atoms with E-state index in [1.54, 1.807) is 0 Å². The Bertz CT molecular complexity index is 1390. The molecule has 3 heterocycles. The van der Waals surface area contributed by atoms with E-state index in [0.29, 0.717) is 36.6 Å². The van der Waals surface area contributed by atoms with Gasteiger partial charge in [0.25, 0.3) is 5.56 Å². The topological polar surface area (TPSA) is 82.0 Å². The minimum Gasteiger partial charge on any atom is -0.341 e. The van der Waals surface area contributed by atoms with E-state index in [4.69, 9.17) is 15.7 Å². The van der Waals surface area contributed by atoms with Crippen molar-refractivity contribution in [2.24, 2.45) is 11.7 Å². The van der Waals surface area contributed by atoms with Gasteiger partial charge in [-0.15, -0.1) is 0 Å². The first-order chi connectivity index (χ1) is 18.5. The molecule has 0 saturated carbocycles. The Labute approximate surface area is 225 Å². The predicted molar refractivity (Wildman–Crippen MR) is 155 cm³/mol. The quantitative estimate of drug-likeness (QED) is 0.330. The Morgan fingerprint density at radius 3 is 2.34 bits per heavy atom. The standard InChI is InChI=1S/C31H40N6O/c1-23(2)11-9-20-36-27(18-17-24-12-5-3-6-13-24)33-29-28(30(36)38)37(21-25-14-7-4-8-15-25)31(34-29)35-19-10-16-26(32)22-35/h3-8,12-15,23,26H,9-11,16-22,32H2,1-2H3. The molecule has 0 spiro atoms. The molecule has 1 unspecified atom stereocenters. The van der Waals surface area contributed by atoms with Gasteiger partial charge in [-0.2, -0.15) is 4.98 Å². The van der Waals surface area contributed by atoms with E-state index in [9.17, 15) is 4.79 Å². The van der Waals surface area contributed by atoms with Crippen LogP contribution in [0.15, 0.2) is 65.5 Å². The second-order valence-corrected chi connectivity index (χ2v) is 11.0. The first kappa shape index (κ1) is 26.2. The molecule has 2 aromatic carbocycles. The second kappa shape index (κ2) is 11.9. The summed E-state index contributed by atoms with van der Waals surface area (Å²) in [5.74, 6) is 2.22. The average Bonchev–Trinajstić information content (AvgIpc) is 3.28. The van der Waals surface area contributed by atoms with Crippen LogP contribution < -0.4 is 16.2 Å². The number of nitrogens with two attached hydrogens (primary N) is 1. The minimum absolute atomic E-state index is 0.0119. The summed E-state index contributed by atoms with van der Waals surface area (Å²) < 4.78 is 4.00. The molecule has 7 heteroatoms. The third-order valence-corrected chi connectivity index (χ3v) is 7.49. The molecule has 200 valence electrons. The highest BCUT2D eigenvalue weighted by atomic mass is 16.1. The van der Waals surface area contributed by atoms with E-state index in [1.807, 2.05) is 28.8 Å². The van der Waals surface area contributed by atoms with Crippen molar-refractivity contribution in [3.8, 4) is 0 Å². The van der Waals surface area contributed by atoms with Crippen molar-refractivity contribution in [1.82, 2.24) is 19.1 Å². The lowest BCUT2D eigenvalue weighted by molar-refractivity contribution is 0.491. The van der Waals surface area contributed by atoms with Gasteiger partial charge < -0.3 is 10.6 Å². The average molecular weight is 513 g/mol. The largest absolute Gasteiger partial charge is 0.341 e. The van der Waals surface area contributed by atoms with E-state index in [2.05, 4.69) is 59.7 Å². The maximum atomic E-state index is 14.2. The monoisotopic (exact) mass is 512 g/mol. The van der Waals surface area contributed by atoms with E-state index in [1.165, 1.54) is 5.56 Å². The number of rotatable bonds is 10. The summed E-state index contributed by atoms with van der Waals surface area (Å²) in [6.45, 7) is 7.32. The zero-order valence-corrected chi connectivity index (χ0v) is 22.7. The Kier molecular flexibility index (Phi) is 8.23. The molecule has 1 fully saturated rings. The van der Waals surface area contributed by atoms with Crippen molar-refractivity contribution < 1.29 is 0 Å². The number of aromatic nitrogens is 4. The molecule has 1 aliphatic heterocycles. The van der Waals surface area contributed by atoms with Gasteiger partial charge >= 0.3 is 0 Å². The summed E-state index contributed by atoms with van der Waals surface area (Å²) in [5.41, 5.74) is 9.88. The van der Waals surface area contributed by atoms with Crippen LogP contribution in [-0.2, 0) is 25.9 Å². The zero-order valence-electron chi connectivity index (χ0n) is 22.7. The van der Waals surface area contributed by atoms with Crippen molar-refractivity contribution in [1.29, 1.82) is 0 Å². The van der Waals surface area contributed by atoms with Gasteiger partial charge in [-0.25, -0.2) is 4.98 Å². The predicted octanol–water partition coefficient (Wildman–Crippen LogP) is 4.79. The highest BCUT2D eigenvalue weighted by Crippen LogP contribution is 2.25. The Morgan fingerprint density at radius 2 is 1.66 bits per heavy atom. The molecule has 0 amide bonds. The highest BCUT2D eigenvalue weighted by Gasteiger charge is 2.26. The van der Waals surface area contributed by atoms with Crippen LogP contribution in [0, 0.1) is 5.92 Å². The van der Waals surface area contributed by atoms with Gasteiger partial charge in [0.15, 0.2) is 11.2 Å². The van der Waals surface area contributed by atoms with Crippen molar-refractivity contribution >= 4 is 17.1 Å². The van der Waals surface area contributed by atoms with Crippen LogP contribution in [0.25, 0.3) is 11.2 Å². The lowest BCUT2D eigenvalue weighted by Gasteiger charge is -2.31. The number of benzene rings is 2. The van der Waals surface area contributed by atoms with Gasteiger partial charge in [0.05, 0.1) is 6.54 Å². The Hall–Kier alpha value is -3.45. The maximum Gasteiger partial charge on any atom is 0.279 e. The number of aryl methyl sites for hydroxylation is 2. The molecular weight excluding hydrogens is 472 g/mol. The molecule has 1 aliphatic rings. The fraction of sp³-hybridized carbons (Fsp3) is 0.452. The number of hydrogen-bond acceptors (Lipinski definition) is 5. The summed E-state index contributed by atoms with van der Waals surface area (Å²) in [5, 5.41) is 0. The number of fused-ring (bicyclic) bond motifs is 1. The number of nitrogens with zero attached hydrogens (tertiary/aromatic N) is 5. The molecule has 7 nitrogen and oxygen atoms in total. The van der Waals surface area contributed by atoms with Crippen LogP contribution in [0.1, 0.15) is 56.5 Å². The Balaban J connectivity index is 1.60. The highest BCUT2D eigenvalue weighted by molar-refractivity contribution is 5.74. The van der Waals surface area contributed by atoms with Gasteiger partial charge in [-0.1, -0.05) is 74.5 Å². The lowest BCUT2D eigenvalue weighted by atomic mass is 10.1. The van der Waals surface area contributed by atoms with Crippen LogP contribution in [0.2, 0.25) is 0 Å². The van der Waals surface area contributed by atoms with E-state index < -0.39 is 0 Å². The molecule has 2 N–H and O–H groups in total. The van der Waals surface area contributed by atoms with Crippen LogP contribution >= 0.6 is 0 Å². The van der Waals surface area contributed by atoms with Crippen LogP contribution in [0.4, 0.5) is 5.95 Å². The van der Waals surface area contributed by atoms with Gasteiger partial charge in [0.1, 0.15) is 5.82 Å². The van der Waals surface area contributed by atoms with Crippen molar-refractivity contribution in [2.75, 3.05) is 18.0 Å². The summed E-state index contributed by atoms with van der Waals surface area (Å²) in [7, 11) is 0.